The van der Waals surface area contributed by atoms with Crippen molar-refractivity contribution in [3.63, 3.8) is 0 Å². The maximum absolute atomic E-state index is 12.6. The lowest BCUT2D eigenvalue weighted by Gasteiger charge is -2.08. The van der Waals surface area contributed by atoms with Gasteiger partial charge in [-0.15, -0.1) is 0 Å². The van der Waals surface area contributed by atoms with Crippen molar-refractivity contribution in [2.24, 2.45) is 0 Å². The van der Waals surface area contributed by atoms with Crippen LogP contribution in [0.1, 0.15) is 25.1 Å². The minimum Gasteiger partial charge on any atom is -0.340 e. The van der Waals surface area contributed by atoms with Crippen LogP contribution in [0.15, 0.2) is 59.5 Å². The number of carbonyl (C=O) groups excluding carboxylic acids is 2. The van der Waals surface area contributed by atoms with E-state index in [0.29, 0.717) is 25.0 Å². The van der Waals surface area contributed by atoms with Crippen LogP contribution in [0.3, 0.4) is 0 Å². The van der Waals surface area contributed by atoms with Gasteiger partial charge in [0.15, 0.2) is 0 Å². The summed E-state index contributed by atoms with van der Waals surface area (Å²) in [7, 11) is 0. The van der Waals surface area contributed by atoms with E-state index < -0.39 is 0 Å². The highest BCUT2D eigenvalue weighted by molar-refractivity contribution is 5.90. The van der Waals surface area contributed by atoms with Gasteiger partial charge in [0.05, 0.1) is 17.6 Å². The number of fused-ring (bicyclic) bond motifs is 1. The number of amides is 1. The molecule has 3 aromatic rings. The molecular weight excluding hydrogens is 344 g/mol. The SMILES string of the molecule is O=C/C=C/CCCC(=O)Nc1cccn(Cc2nc3ccccc3[nH]2)c1=O. The average Bonchev–Trinajstić information content (AvgIpc) is 3.07. The number of nitrogens with one attached hydrogen (secondary N) is 2. The summed E-state index contributed by atoms with van der Waals surface area (Å²) in [6.07, 6.45) is 7.01. The Bertz CT molecular complexity index is 1000. The van der Waals surface area contributed by atoms with E-state index in [4.69, 9.17) is 0 Å². The van der Waals surface area contributed by atoms with Gasteiger partial charge in [0, 0.05) is 12.6 Å². The molecule has 1 amide bonds. The highest BCUT2D eigenvalue weighted by Gasteiger charge is 2.09. The second kappa shape index (κ2) is 8.75. The van der Waals surface area contributed by atoms with E-state index in [1.807, 2.05) is 24.3 Å². The molecule has 0 bridgehead atoms. The number of pyridine rings is 1. The van der Waals surface area contributed by atoms with Crippen molar-refractivity contribution < 1.29 is 9.59 Å². The normalized spacial score (nSPS) is 11.1. The zero-order valence-electron chi connectivity index (χ0n) is 14.7. The van der Waals surface area contributed by atoms with Gasteiger partial charge in [-0.2, -0.15) is 0 Å². The van der Waals surface area contributed by atoms with Crippen LogP contribution in [0.2, 0.25) is 0 Å². The maximum Gasteiger partial charge on any atom is 0.274 e. The van der Waals surface area contributed by atoms with Crippen molar-refractivity contribution in [3.8, 4) is 0 Å². The summed E-state index contributed by atoms with van der Waals surface area (Å²) in [4.78, 5) is 42.5. The van der Waals surface area contributed by atoms with Crippen LogP contribution in [0.4, 0.5) is 5.69 Å². The Hall–Kier alpha value is -3.48. The zero-order chi connectivity index (χ0) is 19.1. The number of para-hydroxylation sites is 2. The third-order valence-corrected chi connectivity index (χ3v) is 4.04. The second-order valence-electron chi connectivity index (χ2n) is 6.06. The molecule has 7 nitrogen and oxygen atoms in total. The van der Waals surface area contributed by atoms with Gasteiger partial charge in [0.2, 0.25) is 5.91 Å². The fourth-order valence-corrected chi connectivity index (χ4v) is 2.74. The number of unbranched alkanes of at least 4 members (excludes halogenated alkanes) is 1. The Morgan fingerprint density at radius 2 is 2.07 bits per heavy atom. The molecule has 0 unspecified atom stereocenters. The number of benzene rings is 1. The summed E-state index contributed by atoms with van der Waals surface area (Å²) in [5.41, 5.74) is 1.71. The van der Waals surface area contributed by atoms with Crippen molar-refractivity contribution in [3.05, 3.63) is 70.9 Å². The monoisotopic (exact) mass is 364 g/mol. The van der Waals surface area contributed by atoms with E-state index in [1.165, 1.54) is 10.6 Å². The highest BCUT2D eigenvalue weighted by atomic mass is 16.2. The minimum absolute atomic E-state index is 0.229. The lowest BCUT2D eigenvalue weighted by atomic mass is 10.2. The minimum atomic E-state index is -0.285. The molecule has 0 aliphatic carbocycles. The first-order valence-electron chi connectivity index (χ1n) is 8.70. The topological polar surface area (TPSA) is 96.8 Å². The van der Waals surface area contributed by atoms with Gasteiger partial charge >= 0.3 is 0 Å². The van der Waals surface area contributed by atoms with Gasteiger partial charge in [-0.05, 0) is 43.2 Å². The summed E-state index contributed by atoms with van der Waals surface area (Å²) in [6, 6.07) is 11.0. The predicted molar refractivity (Wildman–Crippen MR) is 104 cm³/mol. The number of aromatic amines is 1. The van der Waals surface area contributed by atoms with Crippen LogP contribution in [0, 0.1) is 0 Å². The summed E-state index contributed by atoms with van der Waals surface area (Å²) in [5, 5.41) is 2.66. The number of hydrogen-bond donors (Lipinski definition) is 2. The van der Waals surface area contributed by atoms with E-state index in [1.54, 1.807) is 24.4 Å². The van der Waals surface area contributed by atoms with E-state index >= 15 is 0 Å². The first-order valence-corrected chi connectivity index (χ1v) is 8.70. The Balaban J connectivity index is 1.66. The molecule has 27 heavy (non-hydrogen) atoms. The fraction of sp³-hybridized carbons (Fsp3) is 0.200. The first kappa shape index (κ1) is 18.3. The number of aldehydes is 1. The van der Waals surface area contributed by atoms with E-state index in [0.717, 1.165) is 11.0 Å². The van der Waals surface area contributed by atoms with Crippen molar-refractivity contribution in [1.29, 1.82) is 0 Å². The van der Waals surface area contributed by atoms with Crippen molar-refractivity contribution in [2.45, 2.75) is 25.8 Å². The van der Waals surface area contributed by atoms with Gasteiger partial charge in [-0.25, -0.2) is 4.98 Å². The first-order chi connectivity index (χ1) is 13.2. The summed E-state index contributed by atoms with van der Waals surface area (Å²) < 4.78 is 1.50. The molecule has 138 valence electrons. The summed E-state index contributed by atoms with van der Waals surface area (Å²) in [6.45, 7) is 0.285. The van der Waals surface area contributed by atoms with Gasteiger partial charge in [-0.1, -0.05) is 18.2 Å². The van der Waals surface area contributed by atoms with Crippen molar-refractivity contribution >= 4 is 28.9 Å². The molecule has 2 heterocycles. The van der Waals surface area contributed by atoms with Crippen LogP contribution in [-0.2, 0) is 16.1 Å². The number of allylic oxidation sites excluding steroid dienone is 2. The number of aromatic nitrogens is 3. The Morgan fingerprint density at radius 1 is 1.22 bits per heavy atom. The quantitative estimate of drug-likeness (QED) is 0.365. The molecule has 2 N–H and O–H groups in total. The Morgan fingerprint density at radius 3 is 2.89 bits per heavy atom. The molecule has 0 atom stereocenters. The third-order valence-electron chi connectivity index (χ3n) is 4.04. The molecule has 0 saturated heterocycles. The molecule has 3 rings (SSSR count). The molecule has 0 fully saturated rings. The summed E-state index contributed by atoms with van der Waals surface area (Å²) in [5.74, 6) is 0.442. The van der Waals surface area contributed by atoms with Crippen LogP contribution in [0.5, 0.6) is 0 Å². The molecule has 7 heteroatoms. The van der Waals surface area contributed by atoms with E-state index in [2.05, 4.69) is 15.3 Å². The number of hydrogen-bond acceptors (Lipinski definition) is 4. The number of H-pyrrole nitrogens is 1. The van der Waals surface area contributed by atoms with Crippen LogP contribution in [-0.4, -0.2) is 26.7 Å². The molecule has 0 saturated carbocycles. The molecule has 0 radical (unpaired) electrons. The number of carbonyl (C=O) groups is 2. The third kappa shape index (κ3) is 4.78. The van der Waals surface area contributed by atoms with Crippen molar-refractivity contribution in [1.82, 2.24) is 14.5 Å². The van der Waals surface area contributed by atoms with E-state index in [-0.39, 0.29) is 30.1 Å². The second-order valence-corrected chi connectivity index (χ2v) is 6.06. The Labute approximate surface area is 155 Å². The molecule has 0 spiro atoms. The highest BCUT2D eigenvalue weighted by Crippen LogP contribution is 2.11. The number of nitrogens with zero attached hydrogens (tertiary/aromatic N) is 2. The Kier molecular flexibility index (Phi) is 5.94. The lowest BCUT2D eigenvalue weighted by molar-refractivity contribution is -0.116. The molecule has 0 aliphatic rings. The average molecular weight is 364 g/mol. The lowest BCUT2D eigenvalue weighted by Crippen LogP contribution is -2.26. The fourth-order valence-electron chi connectivity index (χ4n) is 2.74. The molecular formula is C20H20N4O3. The smallest absolute Gasteiger partial charge is 0.274 e. The van der Waals surface area contributed by atoms with Crippen LogP contribution in [0.25, 0.3) is 11.0 Å². The van der Waals surface area contributed by atoms with Gasteiger partial charge in [0.1, 0.15) is 17.8 Å². The molecule has 2 aromatic heterocycles. The van der Waals surface area contributed by atoms with Gasteiger partial charge in [-0.3, -0.25) is 14.4 Å². The van der Waals surface area contributed by atoms with E-state index in [9.17, 15) is 14.4 Å². The number of anilines is 1. The van der Waals surface area contributed by atoms with Gasteiger partial charge < -0.3 is 14.9 Å². The van der Waals surface area contributed by atoms with Gasteiger partial charge in [0.25, 0.3) is 5.56 Å². The zero-order valence-corrected chi connectivity index (χ0v) is 14.7. The largest absolute Gasteiger partial charge is 0.340 e. The summed E-state index contributed by atoms with van der Waals surface area (Å²) >= 11 is 0. The molecule has 1 aromatic carbocycles. The van der Waals surface area contributed by atoms with Crippen LogP contribution < -0.4 is 10.9 Å². The molecule has 0 aliphatic heterocycles. The predicted octanol–water partition coefficient (Wildman–Crippen LogP) is 2.64. The maximum atomic E-state index is 12.6. The number of rotatable bonds is 8. The standard InChI is InChI=1S/C20H20N4O3/c25-13-6-2-1-3-11-19(26)23-17-10-7-12-24(20(17)27)14-18-21-15-8-4-5-9-16(15)22-18/h2,4-10,12-13H,1,3,11,14H2,(H,21,22)(H,23,26)/b6-2+. The van der Waals surface area contributed by atoms with Crippen molar-refractivity contribution in [2.75, 3.05) is 5.32 Å². The van der Waals surface area contributed by atoms with Crippen LogP contribution >= 0.6 is 0 Å². The number of imidazole rings is 1.